The third-order valence-corrected chi connectivity index (χ3v) is 4.14. The Balaban J connectivity index is 1.80. The summed E-state index contributed by atoms with van der Waals surface area (Å²) in [6, 6.07) is 10.6. The highest BCUT2D eigenvalue weighted by Crippen LogP contribution is 2.28. The van der Waals surface area contributed by atoms with Crippen molar-refractivity contribution in [2.24, 2.45) is 0 Å². The van der Waals surface area contributed by atoms with Gasteiger partial charge >= 0.3 is 5.97 Å². The second-order valence-corrected chi connectivity index (χ2v) is 6.29. The lowest BCUT2D eigenvalue weighted by atomic mass is 10.1. The molecule has 0 saturated heterocycles. The molecule has 0 bridgehead atoms. The minimum absolute atomic E-state index is 0.152. The average Bonchev–Trinajstić information content (AvgIpc) is 2.67. The number of carbonyl (C=O) groups excluding carboxylic acids is 2. The van der Waals surface area contributed by atoms with Gasteiger partial charge in [0.15, 0.2) is 18.1 Å². The highest BCUT2D eigenvalue weighted by atomic mass is 35.5. The minimum atomic E-state index is -0.456. The number of carbonyl (C=O) groups is 2. The minimum Gasteiger partial charge on any atom is -0.493 e. The SMILES string of the molecule is COc1ccc(CCC(=O)OCC(=O)Nc2cc(Cl)ccc2C)cc1OC. The van der Waals surface area contributed by atoms with Crippen LogP contribution in [0.3, 0.4) is 0 Å². The predicted molar refractivity (Wildman–Crippen MR) is 104 cm³/mol. The number of hydrogen-bond donors (Lipinski definition) is 1. The van der Waals surface area contributed by atoms with Crippen molar-refractivity contribution >= 4 is 29.2 Å². The van der Waals surface area contributed by atoms with Crippen LogP contribution >= 0.6 is 11.6 Å². The van der Waals surface area contributed by atoms with Gasteiger partial charge in [-0.1, -0.05) is 23.7 Å². The number of esters is 1. The van der Waals surface area contributed by atoms with Crippen LogP contribution in [0.15, 0.2) is 36.4 Å². The van der Waals surface area contributed by atoms with Crippen LogP contribution in [0, 0.1) is 6.92 Å². The van der Waals surface area contributed by atoms with Crippen LogP contribution < -0.4 is 14.8 Å². The maximum absolute atomic E-state index is 11.9. The zero-order chi connectivity index (χ0) is 19.8. The molecule has 2 rings (SSSR count). The smallest absolute Gasteiger partial charge is 0.306 e. The third-order valence-electron chi connectivity index (χ3n) is 3.90. The summed E-state index contributed by atoms with van der Waals surface area (Å²) < 4.78 is 15.4. The number of benzene rings is 2. The van der Waals surface area contributed by atoms with Gasteiger partial charge in [-0.2, -0.15) is 0 Å². The number of aryl methyl sites for hydroxylation is 2. The molecule has 27 heavy (non-hydrogen) atoms. The molecule has 7 heteroatoms. The van der Waals surface area contributed by atoms with Gasteiger partial charge in [0.2, 0.25) is 0 Å². The van der Waals surface area contributed by atoms with Crippen LogP contribution in [0.2, 0.25) is 5.02 Å². The first kappa shape index (κ1) is 20.6. The van der Waals surface area contributed by atoms with Crippen molar-refractivity contribution < 1.29 is 23.8 Å². The van der Waals surface area contributed by atoms with E-state index in [0.717, 1.165) is 11.1 Å². The molecule has 0 atom stereocenters. The van der Waals surface area contributed by atoms with Crippen molar-refractivity contribution in [1.82, 2.24) is 0 Å². The standard InChI is InChI=1S/C20H22ClNO5/c1-13-4-7-15(21)11-16(13)22-19(23)12-27-20(24)9-6-14-5-8-17(25-2)18(10-14)26-3/h4-5,7-8,10-11H,6,9,12H2,1-3H3,(H,22,23). The molecular formula is C20H22ClNO5. The van der Waals surface area contributed by atoms with Gasteiger partial charge in [0, 0.05) is 17.1 Å². The van der Waals surface area contributed by atoms with Gasteiger partial charge in [0.05, 0.1) is 14.2 Å². The Hall–Kier alpha value is -2.73. The highest BCUT2D eigenvalue weighted by Gasteiger charge is 2.11. The molecule has 0 saturated carbocycles. The van der Waals surface area contributed by atoms with E-state index in [1.165, 1.54) is 0 Å². The number of nitrogens with one attached hydrogen (secondary N) is 1. The van der Waals surface area contributed by atoms with Crippen LogP contribution in [-0.4, -0.2) is 32.7 Å². The number of hydrogen-bond acceptors (Lipinski definition) is 5. The molecule has 0 fully saturated rings. The molecule has 0 aliphatic heterocycles. The van der Waals surface area contributed by atoms with Crippen LogP contribution in [0.5, 0.6) is 11.5 Å². The van der Waals surface area contributed by atoms with E-state index in [1.54, 1.807) is 44.6 Å². The molecule has 144 valence electrons. The van der Waals surface area contributed by atoms with E-state index in [4.69, 9.17) is 25.8 Å². The maximum atomic E-state index is 11.9. The quantitative estimate of drug-likeness (QED) is 0.693. The normalized spacial score (nSPS) is 10.2. The molecule has 0 aromatic heterocycles. The predicted octanol–water partition coefficient (Wildman–Crippen LogP) is 3.78. The number of ether oxygens (including phenoxy) is 3. The van der Waals surface area contributed by atoms with E-state index >= 15 is 0 Å². The van der Waals surface area contributed by atoms with Crippen molar-refractivity contribution in [1.29, 1.82) is 0 Å². The van der Waals surface area contributed by atoms with Crippen LogP contribution in [0.4, 0.5) is 5.69 Å². The second kappa shape index (κ2) is 9.83. The van der Waals surface area contributed by atoms with E-state index in [9.17, 15) is 9.59 Å². The summed E-state index contributed by atoms with van der Waals surface area (Å²) in [7, 11) is 3.11. The van der Waals surface area contributed by atoms with Crippen LogP contribution in [-0.2, 0) is 20.7 Å². The Morgan fingerprint density at radius 2 is 1.78 bits per heavy atom. The van der Waals surface area contributed by atoms with Crippen molar-refractivity contribution in [3.8, 4) is 11.5 Å². The van der Waals surface area contributed by atoms with Crippen molar-refractivity contribution in [2.75, 3.05) is 26.1 Å². The molecule has 0 unspecified atom stereocenters. The Bertz CT molecular complexity index is 822. The number of anilines is 1. The molecule has 2 aromatic rings. The first-order chi connectivity index (χ1) is 12.9. The Kier molecular flexibility index (Phi) is 7.49. The Morgan fingerprint density at radius 3 is 2.48 bits per heavy atom. The van der Waals surface area contributed by atoms with Crippen molar-refractivity contribution in [2.45, 2.75) is 19.8 Å². The average molecular weight is 392 g/mol. The van der Waals surface area contributed by atoms with E-state index < -0.39 is 11.9 Å². The third kappa shape index (κ3) is 6.18. The fourth-order valence-electron chi connectivity index (χ4n) is 2.42. The zero-order valence-electron chi connectivity index (χ0n) is 15.5. The monoisotopic (exact) mass is 391 g/mol. The summed E-state index contributed by atoms with van der Waals surface area (Å²) in [5.74, 6) is 0.346. The molecule has 1 amide bonds. The summed E-state index contributed by atoms with van der Waals surface area (Å²) in [4.78, 5) is 23.8. The van der Waals surface area contributed by atoms with Gasteiger partial charge in [-0.3, -0.25) is 9.59 Å². The number of methoxy groups -OCH3 is 2. The first-order valence-corrected chi connectivity index (χ1v) is 8.73. The molecule has 0 heterocycles. The molecule has 0 aliphatic rings. The van der Waals surface area contributed by atoms with E-state index in [-0.39, 0.29) is 13.0 Å². The number of amides is 1. The van der Waals surface area contributed by atoms with Crippen LogP contribution in [0.25, 0.3) is 0 Å². The molecule has 1 N–H and O–H groups in total. The van der Waals surface area contributed by atoms with Crippen molar-refractivity contribution in [3.05, 3.63) is 52.5 Å². The molecule has 6 nitrogen and oxygen atoms in total. The summed E-state index contributed by atoms with van der Waals surface area (Å²) >= 11 is 5.91. The lowest BCUT2D eigenvalue weighted by molar-refractivity contribution is -0.147. The highest BCUT2D eigenvalue weighted by molar-refractivity contribution is 6.31. The molecule has 2 aromatic carbocycles. The van der Waals surface area contributed by atoms with Gasteiger partial charge < -0.3 is 19.5 Å². The fraction of sp³-hybridized carbons (Fsp3) is 0.300. The van der Waals surface area contributed by atoms with Crippen LogP contribution in [0.1, 0.15) is 17.5 Å². The second-order valence-electron chi connectivity index (χ2n) is 5.86. The van der Waals surface area contributed by atoms with Gasteiger partial charge in [-0.15, -0.1) is 0 Å². The fourth-order valence-corrected chi connectivity index (χ4v) is 2.59. The summed E-state index contributed by atoms with van der Waals surface area (Å²) in [6.45, 7) is 1.50. The van der Waals surface area contributed by atoms with Gasteiger partial charge in [0.1, 0.15) is 0 Å². The largest absolute Gasteiger partial charge is 0.493 e. The summed E-state index contributed by atoms with van der Waals surface area (Å²) in [5.41, 5.74) is 2.37. The lowest BCUT2D eigenvalue weighted by Gasteiger charge is -2.10. The van der Waals surface area contributed by atoms with E-state index in [2.05, 4.69) is 5.32 Å². The number of rotatable bonds is 8. The lowest BCUT2D eigenvalue weighted by Crippen LogP contribution is -2.21. The van der Waals surface area contributed by atoms with E-state index in [0.29, 0.717) is 28.6 Å². The Labute approximate surface area is 163 Å². The van der Waals surface area contributed by atoms with Gasteiger partial charge in [-0.05, 0) is 48.7 Å². The Morgan fingerprint density at radius 1 is 1.04 bits per heavy atom. The molecular weight excluding hydrogens is 370 g/mol. The van der Waals surface area contributed by atoms with Gasteiger partial charge in [-0.25, -0.2) is 0 Å². The maximum Gasteiger partial charge on any atom is 0.306 e. The molecule has 0 radical (unpaired) electrons. The molecule has 0 aliphatic carbocycles. The number of halogens is 1. The topological polar surface area (TPSA) is 73.9 Å². The van der Waals surface area contributed by atoms with Crippen molar-refractivity contribution in [3.63, 3.8) is 0 Å². The summed E-state index contributed by atoms with van der Waals surface area (Å²) in [6.07, 6.45) is 0.618. The molecule has 0 spiro atoms. The first-order valence-electron chi connectivity index (χ1n) is 8.35. The van der Waals surface area contributed by atoms with Gasteiger partial charge in [0.25, 0.3) is 5.91 Å². The van der Waals surface area contributed by atoms with E-state index in [1.807, 2.05) is 13.0 Å². The summed E-state index contributed by atoms with van der Waals surface area (Å²) in [5, 5.41) is 3.19. The zero-order valence-corrected chi connectivity index (χ0v) is 16.3.